The normalized spacial score (nSPS) is 17.0. The molecule has 1 aromatic heterocycles. The molecule has 21 heavy (non-hydrogen) atoms. The predicted octanol–water partition coefficient (Wildman–Crippen LogP) is 3.19. The lowest BCUT2D eigenvalue weighted by atomic mass is 9.95. The number of rotatable bonds is 5. The van der Waals surface area contributed by atoms with E-state index in [0.29, 0.717) is 5.82 Å². The fourth-order valence-corrected chi connectivity index (χ4v) is 2.15. The molecule has 2 aromatic rings. The van der Waals surface area contributed by atoms with Crippen LogP contribution in [0, 0.1) is 6.39 Å². The average Bonchev–Trinajstić information content (AvgIpc) is 3.06. The quantitative estimate of drug-likeness (QED) is 0.796. The van der Waals surface area contributed by atoms with E-state index < -0.39 is 17.9 Å². The Bertz CT molecular complexity index is 610. The third kappa shape index (κ3) is 2.45. The van der Waals surface area contributed by atoms with Gasteiger partial charge in [0.2, 0.25) is 0 Å². The maximum absolute atomic E-state index is 12.8. The molecule has 0 bridgehead atoms. The second-order valence-electron chi connectivity index (χ2n) is 4.78. The van der Waals surface area contributed by atoms with E-state index in [0.717, 1.165) is 18.4 Å². The summed E-state index contributed by atoms with van der Waals surface area (Å²) in [6.45, 7) is 0. The first kappa shape index (κ1) is 13.8. The van der Waals surface area contributed by atoms with Crippen LogP contribution in [0.2, 0.25) is 0 Å². The molecule has 8 heteroatoms. The Morgan fingerprint density at radius 1 is 1.24 bits per heavy atom. The summed E-state index contributed by atoms with van der Waals surface area (Å²) >= 11 is 0. The Balaban J connectivity index is 1.79. The van der Waals surface area contributed by atoms with Crippen LogP contribution in [0.25, 0.3) is 0 Å². The van der Waals surface area contributed by atoms with Gasteiger partial charge in [0.25, 0.3) is 0 Å². The zero-order valence-corrected chi connectivity index (χ0v) is 10.5. The lowest BCUT2D eigenvalue weighted by Crippen LogP contribution is -2.33. The zero-order chi connectivity index (χ0) is 15.1. The highest BCUT2D eigenvalue weighted by Crippen LogP contribution is 2.52. The van der Waals surface area contributed by atoms with Gasteiger partial charge in [-0.2, -0.15) is 22.5 Å². The van der Waals surface area contributed by atoms with E-state index in [2.05, 4.69) is 25.8 Å². The molecule has 0 saturated heterocycles. The second kappa shape index (κ2) is 4.71. The van der Waals surface area contributed by atoms with Gasteiger partial charge in [0.1, 0.15) is 5.75 Å². The van der Waals surface area contributed by atoms with Gasteiger partial charge in [-0.1, -0.05) is 17.3 Å². The number of ether oxygens (including phenoxy) is 1. The van der Waals surface area contributed by atoms with Gasteiger partial charge in [-0.15, -0.1) is 0 Å². The van der Waals surface area contributed by atoms with E-state index in [-0.39, 0.29) is 5.75 Å². The predicted molar refractivity (Wildman–Crippen MR) is 61.2 cm³/mol. The fourth-order valence-electron chi connectivity index (χ4n) is 2.15. The molecule has 1 aromatic carbocycles. The van der Waals surface area contributed by atoms with Crippen molar-refractivity contribution < 1.29 is 26.8 Å². The first-order chi connectivity index (χ1) is 9.94. The first-order valence-corrected chi connectivity index (χ1v) is 6.10. The average molecular weight is 301 g/mol. The molecule has 1 aliphatic rings. The monoisotopic (exact) mass is 301 g/mol. The highest BCUT2D eigenvalue weighted by molar-refractivity contribution is 5.41. The van der Waals surface area contributed by atoms with Gasteiger partial charge >= 0.3 is 18.9 Å². The molecule has 0 spiro atoms. The van der Waals surface area contributed by atoms with Crippen LogP contribution in [0.4, 0.5) is 17.6 Å². The summed E-state index contributed by atoms with van der Waals surface area (Å²) in [6.07, 6.45) is -4.57. The van der Waals surface area contributed by atoms with Crippen LogP contribution in [-0.4, -0.2) is 22.7 Å². The van der Waals surface area contributed by atoms with Crippen molar-refractivity contribution in [3.05, 3.63) is 42.0 Å². The number of hydrogen-bond donors (Lipinski definition) is 0. The molecular formula is C13H9F4N2O2. The summed E-state index contributed by atoms with van der Waals surface area (Å²) in [7, 11) is 0. The van der Waals surface area contributed by atoms with E-state index in [4.69, 9.17) is 0 Å². The van der Waals surface area contributed by atoms with Crippen LogP contribution in [-0.2, 0) is 5.41 Å². The van der Waals surface area contributed by atoms with E-state index >= 15 is 0 Å². The van der Waals surface area contributed by atoms with E-state index in [9.17, 15) is 17.6 Å². The minimum absolute atomic E-state index is 0.334. The SMILES string of the molecule is FC(F)C(F)(F)Oc1ccc(C2(c3n[c]on3)CC2)cc1. The maximum Gasteiger partial charge on any atom is 0.461 e. The summed E-state index contributed by atoms with van der Waals surface area (Å²) in [4.78, 5) is 3.88. The summed E-state index contributed by atoms with van der Waals surface area (Å²) in [5.41, 5.74) is 0.373. The molecule has 0 N–H and O–H groups in total. The number of aromatic nitrogens is 2. The molecule has 0 amide bonds. The third-order valence-electron chi connectivity index (χ3n) is 3.42. The van der Waals surface area contributed by atoms with E-state index in [1.54, 1.807) is 0 Å². The van der Waals surface area contributed by atoms with Gasteiger partial charge in [0, 0.05) is 0 Å². The molecule has 4 nitrogen and oxygen atoms in total. The van der Waals surface area contributed by atoms with Crippen molar-refractivity contribution in [1.82, 2.24) is 10.1 Å². The van der Waals surface area contributed by atoms with Crippen LogP contribution >= 0.6 is 0 Å². The topological polar surface area (TPSA) is 48.2 Å². The number of halogens is 4. The minimum atomic E-state index is -4.51. The Kier molecular flexibility index (Phi) is 3.11. The summed E-state index contributed by atoms with van der Waals surface area (Å²) in [5.74, 6) is 0.133. The molecule has 1 fully saturated rings. The Hall–Kier alpha value is -2.12. The third-order valence-corrected chi connectivity index (χ3v) is 3.42. The van der Waals surface area contributed by atoms with Crippen molar-refractivity contribution in [2.45, 2.75) is 30.8 Å². The highest BCUT2D eigenvalue weighted by Gasteiger charge is 2.50. The van der Waals surface area contributed by atoms with Gasteiger partial charge in [-0.05, 0) is 30.5 Å². The Labute approximate surface area is 116 Å². The van der Waals surface area contributed by atoms with Crippen LogP contribution < -0.4 is 4.74 Å². The van der Waals surface area contributed by atoms with Crippen LogP contribution in [0.5, 0.6) is 5.75 Å². The fraction of sp³-hybridized carbons (Fsp3) is 0.385. The summed E-state index contributed by atoms with van der Waals surface area (Å²) < 4.78 is 58.3. The molecule has 1 saturated carbocycles. The van der Waals surface area contributed by atoms with Gasteiger partial charge in [-0.25, -0.2) is 0 Å². The molecule has 0 unspecified atom stereocenters. The molecular weight excluding hydrogens is 292 g/mol. The van der Waals surface area contributed by atoms with Crippen LogP contribution in [0.15, 0.2) is 28.8 Å². The molecule has 0 atom stereocenters. The van der Waals surface area contributed by atoms with Crippen molar-refractivity contribution in [3.8, 4) is 5.75 Å². The van der Waals surface area contributed by atoms with Crippen molar-refractivity contribution in [3.63, 3.8) is 0 Å². The van der Waals surface area contributed by atoms with E-state index in [1.807, 2.05) is 0 Å². The number of hydrogen-bond acceptors (Lipinski definition) is 4. The van der Waals surface area contributed by atoms with Crippen LogP contribution in [0.1, 0.15) is 24.2 Å². The molecule has 3 rings (SSSR count). The molecule has 1 heterocycles. The van der Waals surface area contributed by atoms with Crippen LogP contribution in [0.3, 0.4) is 0 Å². The lowest BCUT2D eigenvalue weighted by Gasteiger charge is -2.17. The molecule has 111 valence electrons. The maximum atomic E-state index is 12.8. The van der Waals surface area contributed by atoms with Crippen molar-refractivity contribution in [2.75, 3.05) is 0 Å². The molecule has 1 radical (unpaired) electrons. The summed E-state index contributed by atoms with van der Waals surface area (Å²) in [5, 5.41) is 3.74. The first-order valence-electron chi connectivity index (χ1n) is 6.10. The van der Waals surface area contributed by atoms with E-state index in [1.165, 1.54) is 24.3 Å². The minimum Gasteiger partial charge on any atom is -0.428 e. The number of benzene rings is 1. The number of alkyl halides is 4. The van der Waals surface area contributed by atoms with Crippen molar-refractivity contribution >= 4 is 0 Å². The molecule has 1 aliphatic carbocycles. The van der Waals surface area contributed by atoms with Gasteiger partial charge in [0.15, 0.2) is 5.82 Å². The standard InChI is InChI=1S/C13H9F4N2O2/c14-10(15)13(16,17)21-9-3-1-8(2-4-9)12(5-6-12)11-18-7-20-19-11/h1-4,10H,5-6H2. The van der Waals surface area contributed by atoms with Gasteiger partial charge in [-0.3, -0.25) is 0 Å². The van der Waals surface area contributed by atoms with Gasteiger partial charge < -0.3 is 9.26 Å². The smallest absolute Gasteiger partial charge is 0.428 e. The summed E-state index contributed by atoms with van der Waals surface area (Å²) in [6, 6.07) is 5.49. The number of nitrogens with zero attached hydrogens (tertiary/aromatic N) is 2. The Morgan fingerprint density at radius 2 is 1.90 bits per heavy atom. The lowest BCUT2D eigenvalue weighted by molar-refractivity contribution is -0.253. The van der Waals surface area contributed by atoms with Crippen molar-refractivity contribution in [2.24, 2.45) is 0 Å². The zero-order valence-electron chi connectivity index (χ0n) is 10.5. The molecule has 0 aliphatic heterocycles. The Morgan fingerprint density at radius 3 is 2.38 bits per heavy atom. The highest BCUT2D eigenvalue weighted by atomic mass is 19.3. The van der Waals surface area contributed by atoms with Crippen molar-refractivity contribution in [1.29, 1.82) is 0 Å². The second-order valence-corrected chi connectivity index (χ2v) is 4.78. The van der Waals surface area contributed by atoms with Gasteiger partial charge in [0.05, 0.1) is 5.41 Å². The largest absolute Gasteiger partial charge is 0.461 e.